The third-order valence-electron chi connectivity index (χ3n) is 5.87. The second-order valence-electron chi connectivity index (χ2n) is 8.38. The van der Waals surface area contributed by atoms with Gasteiger partial charge in [0, 0.05) is 12.2 Å². The van der Waals surface area contributed by atoms with E-state index in [-0.39, 0.29) is 17.6 Å². The van der Waals surface area contributed by atoms with Gasteiger partial charge in [-0.05, 0) is 61.7 Å². The Morgan fingerprint density at radius 2 is 1.74 bits per heavy atom. The average Bonchev–Trinajstić information content (AvgIpc) is 2.84. The summed E-state index contributed by atoms with van der Waals surface area (Å²) in [6, 6.07) is 24.0. The highest BCUT2D eigenvalue weighted by molar-refractivity contribution is 5.89. The maximum Gasteiger partial charge on any atom is 0.322 e. The summed E-state index contributed by atoms with van der Waals surface area (Å²) in [6.45, 7) is 6.58. The van der Waals surface area contributed by atoms with Crippen molar-refractivity contribution in [1.29, 1.82) is 0 Å². The lowest BCUT2D eigenvalue weighted by Crippen LogP contribution is -2.41. The highest BCUT2D eigenvalue weighted by atomic mass is 16.2. The fourth-order valence-corrected chi connectivity index (χ4v) is 4.30. The fraction of sp³-hybridized carbons (Fsp3) is 0.250. The Balaban J connectivity index is 1.85. The summed E-state index contributed by atoms with van der Waals surface area (Å²) in [5.74, 6) is 0.560. The van der Waals surface area contributed by atoms with Gasteiger partial charge in [0.05, 0.1) is 22.6 Å². The fourth-order valence-electron chi connectivity index (χ4n) is 4.30. The number of urea groups is 1. The minimum absolute atomic E-state index is 0.138. The van der Waals surface area contributed by atoms with E-state index in [0.29, 0.717) is 29.7 Å². The van der Waals surface area contributed by atoms with Gasteiger partial charge in [-0.2, -0.15) is 0 Å². The molecule has 1 aromatic heterocycles. The quantitative estimate of drug-likeness (QED) is 0.367. The van der Waals surface area contributed by atoms with Crippen molar-refractivity contribution in [2.75, 3.05) is 11.9 Å². The lowest BCUT2D eigenvalue weighted by atomic mass is 10.1. The molecule has 0 aliphatic rings. The van der Waals surface area contributed by atoms with Crippen molar-refractivity contribution in [2.45, 2.75) is 39.7 Å². The molecule has 0 spiro atoms. The van der Waals surface area contributed by atoms with Crippen LogP contribution in [0.2, 0.25) is 0 Å². The van der Waals surface area contributed by atoms with Crippen molar-refractivity contribution < 1.29 is 4.79 Å². The number of aromatic nitrogens is 2. The topological polar surface area (TPSA) is 67.2 Å². The van der Waals surface area contributed by atoms with Gasteiger partial charge >= 0.3 is 6.03 Å². The monoisotopic (exact) mass is 454 g/mol. The Morgan fingerprint density at radius 3 is 2.44 bits per heavy atom. The summed E-state index contributed by atoms with van der Waals surface area (Å²) < 4.78 is 1.65. The molecule has 1 atom stereocenters. The Bertz CT molecular complexity index is 1350. The molecule has 6 heteroatoms. The molecule has 1 N–H and O–H groups in total. The zero-order chi connectivity index (χ0) is 24.1. The molecule has 2 amide bonds. The van der Waals surface area contributed by atoms with E-state index in [4.69, 9.17) is 4.98 Å². The van der Waals surface area contributed by atoms with E-state index in [2.05, 4.69) is 5.32 Å². The van der Waals surface area contributed by atoms with Gasteiger partial charge in [-0.15, -0.1) is 0 Å². The molecule has 4 aromatic rings. The van der Waals surface area contributed by atoms with Gasteiger partial charge in [0.2, 0.25) is 0 Å². The number of benzene rings is 3. The van der Waals surface area contributed by atoms with Gasteiger partial charge in [0.1, 0.15) is 5.82 Å². The van der Waals surface area contributed by atoms with Crippen molar-refractivity contribution in [1.82, 2.24) is 14.5 Å². The first-order valence-corrected chi connectivity index (χ1v) is 11.7. The number of anilines is 1. The molecule has 174 valence electrons. The van der Waals surface area contributed by atoms with Gasteiger partial charge in [0.25, 0.3) is 5.56 Å². The van der Waals surface area contributed by atoms with E-state index >= 15 is 0 Å². The van der Waals surface area contributed by atoms with Crippen molar-refractivity contribution in [3.8, 4) is 5.69 Å². The largest absolute Gasteiger partial charge is 0.322 e. The van der Waals surface area contributed by atoms with Crippen LogP contribution in [-0.4, -0.2) is 27.0 Å². The van der Waals surface area contributed by atoms with Crippen LogP contribution in [0.5, 0.6) is 0 Å². The summed E-state index contributed by atoms with van der Waals surface area (Å²) in [4.78, 5) is 33.9. The van der Waals surface area contributed by atoms with Gasteiger partial charge < -0.3 is 10.2 Å². The minimum Gasteiger partial charge on any atom is -0.314 e. The van der Waals surface area contributed by atoms with Gasteiger partial charge in [-0.25, -0.2) is 9.78 Å². The summed E-state index contributed by atoms with van der Waals surface area (Å²) in [6.07, 6.45) is 1.39. The highest BCUT2D eigenvalue weighted by Crippen LogP contribution is 2.27. The van der Waals surface area contributed by atoms with E-state index < -0.39 is 0 Å². The second kappa shape index (κ2) is 10.3. The lowest BCUT2D eigenvalue weighted by Gasteiger charge is -2.32. The number of hydrogen-bond acceptors (Lipinski definition) is 3. The number of carbonyl (C=O) groups is 1. The number of hydrogen-bond donors (Lipinski definition) is 1. The molecule has 4 rings (SSSR count). The molecule has 0 radical (unpaired) electrons. The van der Waals surface area contributed by atoms with E-state index in [0.717, 1.165) is 23.4 Å². The van der Waals surface area contributed by atoms with Crippen LogP contribution in [0.3, 0.4) is 0 Å². The molecule has 0 saturated carbocycles. The van der Waals surface area contributed by atoms with Crippen molar-refractivity contribution in [3.63, 3.8) is 0 Å². The smallest absolute Gasteiger partial charge is 0.314 e. The van der Waals surface area contributed by atoms with Crippen LogP contribution >= 0.6 is 0 Å². The number of nitrogens with zero attached hydrogens (tertiary/aromatic N) is 3. The highest BCUT2D eigenvalue weighted by Gasteiger charge is 2.28. The number of carbonyl (C=O) groups excluding carboxylic acids is 1. The van der Waals surface area contributed by atoms with Gasteiger partial charge in [0.15, 0.2) is 0 Å². The standard InChI is InChI=1S/C28H30N4O2/c1-4-18-31(28(34)29-21-13-11-12-20(3)19-21)25(5-2)26-30-24-17-10-9-16-23(24)27(33)32(26)22-14-7-6-8-15-22/h6-17,19,25H,4-5,18H2,1-3H3,(H,29,34). The van der Waals surface area contributed by atoms with Crippen molar-refractivity contribution in [3.05, 3.63) is 101 Å². The Hall–Kier alpha value is -3.93. The van der Waals surface area contributed by atoms with Crippen molar-refractivity contribution in [2.24, 2.45) is 0 Å². The predicted octanol–water partition coefficient (Wildman–Crippen LogP) is 6.09. The maximum atomic E-state index is 13.7. The SMILES string of the molecule is CCCN(C(=O)Nc1cccc(C)c1)C(CC)c1nc2ccccc2c(=O)n1-c1ccccc1. The number of para-hydroxylation sites is 2. The Labute approximate surface area is 199 Å². The Kier molecular flexibility index (Phi) is 7.07. The van der Waals surface area contributed by atoms with Crippen LogP contribution in [-0.2, 0) is 0 Å². The first-order chi connectivity index (χ1) is 16.5. The first kappa shape index (κ1) is 23.2. The molecule has 1 heterocycles. The van der Waals surface area contributed by atoms with Crippen LogP contribution < -0.4 is 10.9 Å². The van der Waals surface area contributed by atoms with E-state index in [1.165, 1.54) is 0 Å². The van der Waals surface area contributed by atoms with E-state index in [1.807, 2.05) is 93.6 Å². The number of nitrogens with one attached hydrogen (secondary N) is 1. The molecule has 0 fully saturated rings. The zero-order valence-electron chi connectivity index (χ0n) is 19.9. The first-order valence-electron chi connectivity index (χ1n) is 11.7. The van der Waals surface area contributed by atoms with Crippen LogP contribution in [0.1, 0.15) is 44.1 Å². The summed E-state index contributed by atoms with van der Waals surface area (Å²) >= 11 is 0. The molecular weight excluding hydrogens is 424 g/mol. The summed E-state index contributed by atoms with van der Waals surface area (Å²) in [5, 5.41) is 3.59. The van der Waals surface area contributed by atoms with Gasteiger partial charge in [-0.3, -0.25) is 9.36 Å². The molecule has 1 unspecified atom stereocenters. The normalized spacial score (nSPS) is 11.9. The molecule has 0 aliphatic heterocycles. The molecule has 0 bridgehead atoms. The van der Waals surface area contributed by atoms with Gasteiger partial charge in [-0.1, -0.05) is 56.3 Å². The molecule has 0 saturated heterocycles. The summed E-state index contributed by atoms with van der Waals surface area (Å²) in [7, 11) is 0. The molecule has 6 nitrogen and oxygen atoms in total. The van der Waals surface area contributed by atoms with Crippen LogP contribution in [0.4, 0.5) is 10.5 Å². The molecule has 34 heavy (non-hydrogen) atoms. The molecular formula is C28H30N4O2. The second-order valence-corrected chi connectivity index (χ2v) is 8.38. The number of fused-ring (bicyclic) bond motifs is 1. The number of rotatable bonds is 7. The van der Waals surface area contributed by atoms with Crippen LogP contribution in [0.25, 0.3) is 16.6 Å². The Morgan fingerprint density at radius 1 is 1.00 bits per heavy atom. The van der Waals surface area contributed by atoms with Crippen LogP contribution in [0, 0.1) is 6.92 Å². The van der Waals surface area contributed by atoms with Crippen molar-refractivity contribution >= 4 is 22.6 Å². The van der Waals surface area contributed by atoms with Crippen LogP contribution in [0.15, 0.2) is 83.7 Å². The number of amides is 2. The molecule has 3 aromatic carbocycles. The number of aryl methyl sites for hydroxylation is 1. The van der Waals surface area contributed by atoms with E-state index in [9.17, 15) is 9.59 Å². The third kappa shape index (κ3) is 4.71. The maximum absolute atomic E-state index is 13.7. The van der Waals surface area contributed by atoms with E-state index in [1.54, 1.807) is 15.5 Å². The minimum atomic E-state index is -0.387. The predicted molar refractivity (Wildman–Crippen MR) is 138 cm³/mol. The lowest BCUT2D eigenvalue weighted by molar-refractivity contribution is 0.181. The molecule has 0 aliphatic carbocycles. The third-order valence-corrected chi connectivity index (χ3v) is 5.87. The summed E-state index contributed by atoms with van der Waals surface area (Å²) in [5.41, 5.74) is 3.04. The average molecular weight is 455 g/mol. The zero-order valence-corrected chi connectivity index (χ0v) is 19.9.